The molecule has 0 radical (unpaired) electrons. The number of aryl methyl sites for hydroxylation is 1. The van der Waals surface area contributed by atoms with Crippen molar-refractivity contribution in [2.75, 3.05) is 0 Å². The van der Waals surface area contributed by atoms with Crippen LogP contribution in [0, 0.1) is 6.92 Å². The van der Waals surface area contributed by atoms with Crippen LogP contribution in [0.25, 0.3) is 0 Å². The van der Waals surface area contributed by atoms with Crippen LogP contribution in [0.4, 0.5) is 0 Å². The third-order valence-electron chi connectivity index (χ3n) is 4.55. The minimum absolute atomic E-state index is 0.406. The zero-order chi connectivity index (χ0) is 13.9. The SMILES string of the molecule is Cc1ccccc1CC(O)c1cccc(C2CCC2)c1. The Hall–Kier alpha value is -1.60. The first-order chi connectivity index (χ1) is 9.74. The molecule has 0 bridgehead atoms. The average Bonchev–Trinajstić information content (AvgIpc) is 2.40. The molecule has 104 valence electrons. The predicted octanol–water partition coefficient (Wildman–Crippen LogP) is 4.54. The Morgan fingerprint density at radius 3 is 2.60 bits per heavy atom. The molecule has 1 saturated carbocycles. The largest absolute Gasteiger partial charge is 0.388 e. The van der Waals surface area contributed by atoms with E-state index in [2.05, 4.69) is 37.3 Å². The van der Waals surface area contributed by atoms with Crippen LogP contribution < -0.4 is 0 Å². The van der Waals surface area contributed by atoms with Gasteiger partial charge in [0.1, 0.15) is 0 Å². The summed E-state index contributed by atoms with van der Waals surface area (Å²) in [6.45, 7) is 2.10. The number of benzene rings is 2. The van der Waals surface area contributed by atoms with Crippen molar-refractivity contribution >= 4 is 0 Å². The summed E-state index contributed by atoms with van der Waals surface area (Å²) in [5.74, 6) is 0.723. The fourth-order valence-electron chi connectivity index (χ4n) is 2.93. The van der Waals surface area contributed by atoms with Crippen LogP contribution in [0.15, 0.2) is 48.5 Å². The summed E-state index contributed by atoms with van der Waals surface area (Å²) in [5, 5.41) is 10.5. The van der Waals surface area contributed by atoms with Crippen molar-refractivity contribution < 1.29 is 5.11 Å². The highest BCUT2D eigenvalue weighted by atomic mass is 16.3. The predicted molar refractivity (Wildman–Crippen MR) is 82.9 cm³/mol. The van der Waals surface area contributed by atoms with E-state index in [0.717, 1.165) is 11.5 Å². The normalized spacial score (nSPS) is 16.7. The van der Waals surface area contributed by atoms with Gasteiger partial charge in [-0.2, -0.15) is 0 Å². The van der Waals surface area contributed by atoms with Crippen LogP contribution in [0.3, 0.4) is 0 Å². The molecule has 1 atom stereocenters. The first kappa shape index (κ1) is 13.4. The summed E-state index contributed by atoms with van der Waals surface area (Å²) in [4.78, 5) is 0. The van der Waals surface area contributed by atoms with E-state index in [1.807, 2.05) is 18.2 Å². The summed E-state index contributed by atoms with van der Waals surface area (Å²) >= 11 is 0. The highest BCUT2D eigenvalue weighted by molar-refractivity contribution is 5.32. The van der Waals surface area contributed by atoms with E-state index in [4.69, 9.17) is 0 Å². The van der Waals surface area contributed by atoms with Gasteiger partial charge in [0.25, 0.3) is 0 Å². The molecule has 1 aliphatic rings. The molecule has 0 heterocycles. The fourth-order valence-corrected chi connectivity index (χ4v) is 2.93. The third kappa shape index (κ3) is 2.78. The van der Waals surface area contributed by atoms with Gasteiger partial charge in [-0.05, 0) is 47.9 Å². The molecule has 0 amide bonds. The molecule has 0 spiro atoms. The monoisotopic (exact) mass is 266 g/mol. The van der Waals surface area contributed by atoms with Gasteiger partial charge >= 0.3 is 0 Å². The molecule has 0 aliphatic heterocycles. The Bertz CT molecular complexity index is 584. The highest BCUT2D eigenvalue weighted by Crippen LogP contribution is 2.37. The van der Waals surface area contributed by atoms with Crippen molar-refractivity contribution in [3.8, 4) is 0 Å². The van der Waals surface area contributed by atoms with E-state index >= 15 is 0 Å². The maximum Gasteiger partial charge on any atom is 0.0830 e. The first-order valence-corrected chi connectivity index (χ1v) is 7.56. The van der Waals surface area contributed by atoms with E-state index < -0.39 is 6.10 Å². The zero-order valence-corrected chi connectivity index (χ0v) is 12.0. The van der Waals surface area contributed by atoms with Crippen molar-refractivity contribution in [2.24, 2.45) is 0 Å². The van der Waals surface area contributed by atoms with Crippen LogP contribution in [0.2, 0.25) is 0 Å². The molecule has 3 rings (SSSR count). The Balaban J connectivity index is 1.76. The van der Waals surface area contributed by atoms with Gasteiger partial charge in [0.15, 0.2) is 0 Å². The Morgan fingerprint density at radius 2 is 1.90 bits per heavy atom. The Morgan fingerprint density at radius 1 is 1.10 bits per heavy atom. The van der Waals surface area contributed by atoms with Gasteiger partial charge in [0.05, 0.1) is 6.10 Å². The molecule has 2 aromatic rings. The fraction of sp³-hybridized carbons (Fsp3) is 0.368. The minimum Gasteiger partial charge on any atom is -0.388 e. The summed E-state index contributed by atoms with van der Waals surface area (Å²) < 4.78 is 0. The second-order valence-electron chi connectivity index (χ2n) is 5.94. The summed E-state index contributed by atoms with van der Waals surface area (Å²) in [7, 11) is 0. The van der Waals surface area contributed by atoms with E-state index in [9.17, 15) is 5.11 Å². The van der Waals surface area contributed by atoms with Gasteiger partial charge in [-0.15, -0.1) is 0 Å². The quantitative estimate of drug-likeness (QED) is 0.861. The third-order valence-corrected chi connectivity index (χ3v) is 4.55. The lowest BCUT2D eigenvalue weighted by molar-refractivity contribution is 0.178. The minimum atomic E-state index is -0.406. The van der Waals surface area contributed by atoms with Crippen LogP contribution >= 0.6 is 0 Å². The molecule has 1 unspecified atom stereocenters. The Kier molecular flexibility index (Phi) is 3.88. The molecular formula is C19H22O. The molecule has 0 aromatic heterocycles. The average molecular weight is 266 g/mol. The van der Waals surface area contributed by atoms with Gasteiger partial charge < -0.3 is 5.11 Å². The number of hydrogen-bond donors (Lipinski definition) is 1. The van der Waals surface area contributed by atoms with Gasteiger partial charge in [-0.1, -0.05) is 55.0 Å². The van der Waals surface area contributed by atoms with Crippen LogP contribution in [-0.4, -0.2) is 5.11 Å². The van der Waals surface area contributed by atoms with E-state index in [-0.39, 0.29) is 0 Å². The van der Waals surface area contributed by atoms with Crippen molar-refractivity contribution in [1.29, 1.82) is 0 Å². The lowest BCUT2D eigenvalue weighted by Gasteiger charge is -2.26. The lowest BCUT2D eigenvalue weighted by atomic mass is 9.79. The van der Waals surface area contributed by atoms with Crippen molar-refractivity contribution in [3.63, 3.8) is 0 Å². The second kappa shape index (κ2) is 5.80. The molecule has 1 aliphatic carbocycles. The molecule has 0 saturated heterocycles. The van der Waals surface area contributed by atoms with Crippen LogP contribution in [-0.2, 0) is 6.42 Å². The zero-order valence-electron chi connectivity index (χ0n) is 12.0. The molecular weight excluding hydrogens is 244 g/mol. The molecule has 1 fully saturated rings. The molecule has 1 heteroatoms. The maximum atomic E-state index is 10.5. The van der Waals surface area contributed by atoms with Gasteiger partial charge in [-0.25, -0.2) is 0 Å². The molecule has 1 nitrogen and oxygen atoms in total. The topological polar surface area (TPSA) is 20.2 Å². The number of rotatable bonds is 4. The smallest absolute Gasteiger partial charge is 0.0830 e. The van der Waals surface area contributed by atoms with Crippen molar-refractivity contribution in [3.05, 3.63) is 70.8 Å². The first-order valence-electron chi connectivity index (χ1n) is 7.56. The van der Waals surface area contributed by atoms with E-state index in [1.165, 1.54) is 36.0 Å². The summed E-state index contributed by atoms with van der Waals surface area (Å²) in [6.07, 6.45) is 4.24. The van der Waals surface area contributed by atoms with Crippen LogP contribution in [0.5, 0.6) is 0 Å². The summed E-state index contributed by atoms with van der Waals surface area (Å²) in [6, 6.07) is 16.8. The van der Waals surface area contributed by atoms with Crippen molar-refractivity contribution in [2.45, 2.75) is 44.6 Å². The van der Waals surface area contributed by atoms with Gasteiger partial charge in [-0.3, -0.25) is 0 Å². The lowest BCUT2D eigenvalue weighted by Crippen LogP contribution is -2.10. The van der Waals surface area contributed by atoms with Gasteiger partial charge in [0, 0.05) is 6.42 Å². The molecule has 20 heavy (non-hydrogen) atoms. The standard InChI is InChI=1S/C19H22O/c1-14-6-2-3-7-16(14)13-19(20)18-11-5-10-17(12-18)15-8-4-9-15/h2-3,5-7,10-12,15,19-20H,4,8-9,13H2,1H3. The number of aliphatic hydroxyl groups is 1. The second-order valence-corrected chi connectivity index (χ2v) is 5.94. The van der Waals surface area contributed by atoms with Crippen molar-refractivity contribution in [1.82, 2.24) is 0 Å². The van der Waals surface area contributed by atoms with Gasteiger partial charge in [0.2, 0.25) is 0 Å². The maximum absolute atomic E-state index is 10.5. The van der Waals surface area contributed by atoms with E-state index in [0.29, 0.717) is 6.42 Å². The van der Waals surface area contributed by atoms with Crippen LogP contribution in [0.1, 0.15) is 53.5 Å². The van der Waals surface area contributed by atoms with E-state index in [1.54, 1.807) is 0 Å². The molecule has 1 N–H and O–H groups in total. The molecule has 2 aromatic carbocycles. The summed E-state index contributed by atoms with van der Waals surface area (Å²) in [5.41, 5.74) is 4.94. The highest BCUT2D eigenvalue weighted by Gasteiger charge is 2.20. The number of aliphatic hydroxyl groups excluding tert-OH is 1. The Labute approximate surface area is 121 Å². The number of hydrogen-bond acceptors (Lipinski definition) is 1.